The predicted octanol–water partition coefficient (Wildman–Crippen LogP) is 3.69. The molecule has 0 saturated heterocycles. The summed E-state index contributed by atoms with van der Waals surface area (Å²) in [4.78, 5) is 0. The van der Waals surface area contributed by atoms with Crippen LogP contribution in [0.4, 0.5) is 0 Å². The summed E-state index contributed by atoms with van der Waals surface area (Å²) < 4.78 is 0. The van der Waals surface area contributed by atoms with Crippen LogP contribution in [-0.4, -0.2) is 12.4 Å². The average Bonchev–Trinajstić information content (AvgIpc) is 2.34. The quantitative estimate of drug-likeness (QED) is 0.588. The minimum Gasteiger partial charge on any atom is -0.307 e. The van der Waals surface area contributed by atoms with Gasteiger partial charge in [0.2, 0.25) is 0 Å². The molecule has 1 unspecified atom stereocenters. The van der Waals surface area contributed by atoms with Crippen LogP contribution in [0.25, 0.3) is 0 Å². The van der Waals surface area contributed by atoms with Gasteiger partial charge in [0.1, 0.15) is 0 Å². The van der Waals surface area contributed by atoms with Crippen LogP contribution in [0, 0.1) is 0 Å². The minimum atomic E-state index is 0.380. The first-order chi connectivity index (χ1) is 7.77. The Labute approximate surface area is 104 Å². The van der Waals surface area contributed by atoms with E-state index in [1.807, 2.05) is 6.08 Å². The normalized spacial score (nSPS) is 13.2. The van der Waals surface area contributed by atoms with E-state index in [2.05, 4.69) is 49.5 Å². The number of nitrogens with one attached hydrogen (secondary N) is 1. The second-order valence-electron chi connectivity index (χ2n) is 3.85. The first-order valence-electron chi connectivity index (χ1n) is 5.81. The lowest BCUT2D eigenvalue weighted by Gasteiger charge is -2.13. The van der Waals surface area contributed by atoms with E-state index in [4.69, 9.17) is 11.6 Å². The van der Waals surface area contributed by atoms with Crippen LogP contribution in [0.1, 0.15) is 31.0 Å². The largest absolute Gasteiger partial charge is 0.307 e. The topological polar surface area (TPSA) is 12.0 Å². The second kappa shape index (κ2) is 7.48. The molecule has 88 valence electrons. The summed E-state index contributed by atoms with van der Waals surface area (Å²) in [5.74, 6) is 0.585. The number of hydrogen-bond donors (Lipinski definition) is 1. The maximum Gasteiger partial charge on any atom is 0.0404 e. The van der Waals surface area contributed by atoms with Gasteiger partial charge in [0, 0.05) is 18.5 Å². The molecule has 1 atom stereocenters. The van der Waals surface area contributed by atoms with Crippen LogP contribution < -0.4 is 5.32 Å². The van der Waals surface area contributed by atoms with E-state index < -0.39 is 0 Å². The number of alkyl halides is 1. The van der Waals surface area contributed by atoms with E-state index in [0.29, 0.717) is 11.9 Å². The third kappa shape index (κ3) is 4.38. The Morgan fingerprint density at radius 1 is 1.25 bits per heavy atom. The Bertz CT molecular complexity index is 316. The monoisotopic (exact) mass is 237 g/mol. The minimum absolute atomic E-state index is 0.380. The van der Waals surface area contributed by atoms with Gasteiger partial charge in [-0.1, -0.05) is 43.3 Å². The van der Waals surface area contributed by atoms with Crippen LogP contribution in [0.3, 0.4) is 0 Å². The molecule has 0 aromatic heterocycles. The van der Waals surface area contributed by atoms with E-state index >= 15 is 0 Å². The van der Waals surface area contributed by atoms with Crippen molar-refractivity contribution >= 4 is 11.6 Å². The molecule has 0 fully saturated rings. The standard InChI is InChI=1S/C14H20ClN/c1-3-13-6-8-14(9-7-13)12(2)16-11-5-4-10-15/h4-9,12,16H,3,10-11H2,1-2H3/b5-4+. The first-order valence-corrected chi connectivity index (χ1v) is 6.34. The van der Waals surface area contributed by atoms with Crippen molar-refractivity contribution in [2.24, 2.45) is 0 Å². The summed E-state index contributed by atoms with van der Waals surface area (Å²) in [7, 11) is 0. The van der Waals surface area contributed by atoms with E-state index in [-0.39, 0.29) is 0 Å². The summed E-state index contributed by atoms with van der Waals surface area (Å²) in [5, 5.41) is 3.43. The van der Waals surface area contributed by atoms with Gasteiger partial charge in [-0.15, -0.1) is 11.6 Å². The molecule has 1 nitrogen and oxygen atoms in total. The molecule has 0 heterocycles. The Morgan fingerprint density at radius 3 is 2.50 bits per heavy atom. The van der Waals surface area contributed by atoms with Crippen molar-refractivity contribution in [1.82, 2.24) is 5.32 Å². The molecule has 1 rings (SSSR count). The Morgan fingerprint density at radius 2 is 1.94 bits per heavy atom. The number of rotatable bonds is 6. The zero-order valence-electron chi connectivity index (χ0n) is 10.0. The van der Waals surface area contributed by atoms with Gasteiger partial charge in [-0.3, -0.25) is 0 Å². The smallest absolute Gasteiger partial charge is 0.0404 e. The molecule has 0 radical (unpaired) electrons. The molecule has 2 heteroatoms. The second-order valence-corrected chi connectivity index (χ2v) is 4.16. The van der Waals surface area contributed by atoms with Crippen molar-refractivity contribution in [2.45, 2.75) is 26.3 Å². The molecular weight excluding hydrogens is 218 g/mol. The highest BCUT2D eigenvalue weighted by Crippen LogP contribution is 2.13. The van der Waals surface area contributed by atoms with Crippen LogP contribution in [-0.2, 0) is 6.42 Å². The number of allylic oxidation sites excluding steroid dienone is 1. The summed E-state index contributed by atoms with van der Waals surface area (Å²) in [6.45, 7) is 5.21. The van der Waals surface area contributed by atoms with Gasteiger partial charge < -0.3 is 5.32 Å². The fraction of sp³-hybridized carbons (Fsp3) is 0.429. The van der Waals surface area contributed by atoms with Gasteiger partial charge in [0.25, 0.3) is 0 Å². The maximum atomic E-state index is 5.55. The molecule has 1 aromatic rings. The molecule has 0 aliphatic heterocycles. The molecule has 0 amide bonds. The molecule has 0 spiro atoms. The van der Waals surface area contributed by atoms with Crippen molar-refractivity contribution in [1.29, 1.82) is 0 Å². The molecular formula is C14H20ClN. The van der Waals surface area contributed by atoms with Crippen LogP contribution in [0.5, 0.6) is 0 Å². The van der Waals surface area contributed by atoms with E-state index in [1.54, 1.807) is 0 Å². The van der Waals surface area contributed by atoms with E-state index in [9.17, 15) is 0 Å². The molecule has 1 N–H and O–H groups in total. The molecule has 0 saturated carbocycles. The van der Waals surface area contributed by atoms with Gasteiger partial charge in [-0.2, -0.15) is 0 Å². The fourth-order valence-corrected chi connectivity index (χ4v) is 1.68. The van der Waals surface area contributed by atoms with Crippen molar-refractivity contribution in [3.05, 3.63) is 47.5 Å². The number of benzene rings is 1. The lowest BCUT2D eigenvalue weighted by Crippen LogP contribution is -2.18. The lowest BCUT2D eigenvalue weighted by molar-refractivity contribution is 0.617. The zero-order valence-corrected chi connectivity index (χ0v) is 10.8. The molecule has 1 aromatic carbocycles. The van der Waals surface area contributed by atoms with Crippen LogP contribution >= 0.6 is 11.6 Å². The Hall–Kier alpha value is -0.790. The van der Waals surface area contributed by atoms with Gasteiger partial charge in [-0.05, 0) is 24.5 Å². The SMILES string of the molecule is CCc1ccc(C(C)NC/C=C/CCl)cc1. The lowest BCUT2D eigenvalue weighted by atomic mass is 10.1. The summed E-state index contributed by atoms with van der Waals surface area (Å²) >= 11 is 5.55. The zero-order chi connectivity index (χ0) is 11.8. The number of aryl methyl sites for hydroxylation is 1. The van der Waals surface area contributed by atoms with Gasteiger partial charge in [-0.25, -0.2) is 0 Å². The van der Waals surface area contributed by atoms with Crippen molar-refractivity contribution in [3.63, 3.8) is 0 Å². The summed E-state index contributed by atoms with van der Waals surface area (Å²) in [6, 6.07) is 9.17. The molecule has 0 bridgehead atoms. The highest BCUT2D eigenvalue weighted by Gasteiger charge is 2.02. The van der Waals surface area contributed by atoms with E-state index in [1.165, 1.54) is 11.1 Å². The van der Waals surface area contributed by atoms with Gasteiger partial charge in [0.15, 0.2) is 0 Å². The first kappa shape index (κ1) is 13.3. The summed E-state index contributed by atoms with van der Waals surface area (Å²) in [6.07, 6.45) is 5.12. The van der Waals surface area contributed by atoms with E-state index in [0.717, 1.165) is 13.0 Å². The maximum absolute atomic E-state index is 5.55. The van der Waals surface area contributed by atoms with Crippen LogP contribution in [0.2, 0.25) is 0 Å². The fourth-order valence-electron chi connectivity index (χ4n) is 1.55. The van der Waals surface area contributed by atoms with Crippen LogP contribution in [0.15, 0.2) is 36.4 Å². The number of hydrogen-bond acceptors (Lipinski definition) is 1. The molecule has 0 aliphatic rings. The Kier molecular flexibility index (Phi) is 6.20. The van der Waals surface area contributed by atoms with Gasteiger partial charge in [0.05, 0.1) is 0 Å². The van der Waals surface area contributed by atoms with Gasteiger partial charge >= 0.3 is 0 Å². The van der Waals surface area contributed by atoms with Crippen molar-refractivity contribution in [2.75, 3.05) is 12.4 Å². The third-order valence-electron chi connectivity index (χ3n) is 2.69. The molecule has 0 aliphatic carbocycles. The summed E-state index contributed by atoms with van der Waals surface area (Å²) in [5.41, 5.74) is 2.72. The van der Waals surface area contributed by atoms with Crippen molar-refractivity contribution in [3.8, 4) is 0 Å². The predicted molar refractivity (Wildman–Crippen MR) is 72.1 cm³/mol. The Balaban J connectivity index is 2.45. The van der Waals surface area contributed by atoms with Crippen molar-refractivity contribution < 1.29 is 0 Å². The highest BCUT2D eigenvalue weighted by atomic mass is 35.5. The molecule has 16 heavy (non-hydrogen) atoms. The third-order valence-corrected chi connectivity index (χ3v) is 2.86. The number of halogens is 1. The highest BCUT2D eigenvalue weighted by molar-refractivity contribution is 6.18. The average molecular weight is 238 g/mol.